The Morgan fingerprint density at radius 3 is 1.48 bits per heavy atom. The van der Waals surface area contributed by atoms with E-state index in [1.54, 1.807) is 0 Å². The molecular weight excluding hydrogens is 334 g/mol. The lowest BCUT2D eigenvalue weighted by Crippen LogP contribution is -2.37. The van der Waals surface area contributed by atoms with E-state index in [1.165, 1.54) is 24.6 Å². The first-order chi connectivity index (χ1) is 10.9. The molecular formula is C15H33N3O3S2. The van der Waals surface area contributed by atoms with Gasteiger partial charge in [-0.3, -0.25) is 0 Å². The molecule has 3 heterocycles. The highest BCUT2D eigenvalue weighted by atomic mass is 32.2. The highest BCUT2D eigenvalue weighted by Gasteiger charge is 2.18. The number of sulfone groups is 1. The summed E-state index contributed by atoms with van der Waals surface area (Å²) in [4.78, 5) is 6.67. The summed E-state index contributed by atoms with van der Waals surface area (Å²) in [5.74, 6) is 3.33. The molecule has 3 aliphatic rings. The monoisotopic (exact) mass is 367 g/mol. The zero-order valence-corrected chi connectivity index (χ0v) is 16.5. The maximum atomic E-state index is 10.8. The predicted molar refractivity (Wildman–Crippen MR) is 99.3 cm³/mol. The van der Waals surface area contributed by atoms with Crippen molar-refractivity contribution in [2.75, 3.05) is 96.6 Å². The molecule has 138 valence electrons. The van der Waals surface area contributed by atoms with Crippen molar-refractivity contribution < 1.29 is 13.2 Å². The first-order valence-electron chi connectivity index (χ1n) is 8.30. The second kappa shape index (κ2) is 11.7. The Balaban J connectivity index is 0.000000175. The summed E-state index contributed by atoms with van der Waals surface area (Å²) in [5, 5.41) is 0. The third-order valence-electron chi connectivity index (χ3n) is 4.04. The largest absolute Gasteiger partial charge is 0.379 e. The molecule has 0 aromatic heterocycles. The fraction of sp³-hybridized carbons (Fsp3) is 1.00. The zero-order chi connectivity index (χ0) is 17.1. The molecule has 3 rings (SSSR count). The van der Waals surface area contributed by atoms with Gasteiger partial charge in [0.1, 0.15) is 0 Å². The van der Waals surface area contributed by atoms with E-state index in [0.29, 0.717) is 24.6 Å². The molecule has 3 aliphatic heterocycles. The van der Waals surface area contributed by atoms with Gasteiger partial charge in [-0.25, -0.2) is 8.42 Å². The molecule has 0 unspecified atom stereocenters. The smallest absolute Gasteiger partial charge is 0.152 e. The van der Waals surface area contributed by atoms with Crippen LogP contribution in [0, 0.1) is 0 Å². The minimum absolute atomic E-state index is 0.337. The van der Waals surface area contributed by atoms with E-state index < -0.39 is 9.84 Å². The van der Waals surface area contributed by atoms with Crippen LogP contribution in [0.2, 0.25) is 0 Å². The molecule has 0 amide bonds. The van der Waals surface area contributed by atoms with Crippen LogP contribution in [0.15, 0.2) is 0 Å². The summed E-state index contributed by atoms with van der Waals surface area (Å²) >= 11 is 2.06. The number of nitrogens with zero attached hydrogens (tertiary/aromatic N) is 3. The molecule has 0 aromatic rings. The van der Waals surface area contributed by atoms with Gasteiger partial charge in [0.25, 0.3) is 0 Å². The number of likely N-dealkylation sites (N-methyl/N-ethyl adjacent to an activating group) is 1. The van der Waals surface area contributed by atoms with Gasteiger partial charge in [-0.05, 0) is 21.1 Å². The van der Waals surface area contributed by atoms with Crippen LogP contribution in [0.4, 0.5) is 0 Å². The van der Waals surface area contributed by atoms with Gasteiger partial charge in [-0.2, -0.15) is 11.8 Å². The molecule has 0 spiro atoms. The molecule has 6 nitrogen and oxygen atoms in total. The van der Waals surface area contributed by atoms with Crippen molar-refractivity contribution in [3.63, 3.8) is 0 Å². The Labute approximate surface area is 146 Å². The van der Waals surface area contributed by atoms with Crippen molar-refractivity contribution in [2.45, 2.75) is 0 Å². The van der Waals surface area contributed by atoms with E-state index in [2.05, 4.69) is 35.7 Å². The van der Waals surface area contributed by atoms with Crippen molar-refractivity contribution in [2.24, 2.45) is 0 Å². The Bertz CT molecular complexity index is 365. The highest BCUT2D eigenvalue weighted by Crippen LogP contribution is 2.05. The van der Waals surface area contributed by atoms with Crippen LogP contribution in [0.1, 0.15) is 0 Å². The van der Waals surface area contributed by atoms with Crippen molar-refractivity contribution in [1.29, 1.82) is 0 Å². The van der Waals surface area contributed by atoms with Gasteiger partial charge >= 0.3 is 0 Å². The molecule has 0 atom stereocenters. The van der Waals surface area contributed by atoms with Crippen LogP contribution in [0.3, 0.4) is 0 Å². The van der Waals surface area contributed by atoms with Gasteiger partial charge in [0.05, 0.1) is 24.7 Å². The van der Waals surface area contributed by atoms with Crippen molar-refractivity contribution in [3.05, 3.63) is 0 Å². The minimum Gasteiger partial charge on any atom is -0.379 e. The Morgan fingerprint density at radius 1 is 0.739 bits per heavy atom. The van der Waals surface area contributed by atoms with Crippen LogP contribution < -0.4 is 0 Å². The van der Waals surface area contributed by atoms with Crippen molar-refractivity contribution in [3.8, 4) is 0 Å². The molecule has 0 radical (unpaired) electrons. The zero-order valence-electron chi connectivity index (χ0n) is 14.9. The van der Waals surface area contributed by atoms with E-state index >= 15 is 0 Å². The second-order valence-corrected chi connectivity index (χ2v) is 9.81. The second-order valence-electron chi connectivity index (χ2n) is 6.29. The molecule has 0 saturated carbocycles. The normalized spacial score (nSPS) is 26.4. The number of hydrogen-bond donors (Lipinski definition) is 0. The predicted octanol–water partition coefficient (Wildman–Crippen LogP) is -0.0400. The molecule has 3 fully saturated rings. The maximum Gasteiger partial charge on any atom is 0.152 e. The van der Waals surface area contributed by atoms with Crippen LogP contribution >= 0.6 is 11.8 Å². The third-order valence-corrected chi connectivity index (χ3v) is 6.59. The topological polar surface area (TPSA) is 53.1 Å². The van der Waals surface area contributed by atoms with E-state index in [0.717, 1.165) is 26.3 Å². The van der Waals surface area contributed by atoms with Crippen LogP contribution in [0.25, 0.3) is 0 Å². The Morgan fingerprint density at radius 2 is 1.17 bits per heavy atom. The fourth-order valence-corrected chi connectivity index (χ4v) is 4.58. The lowest BCUT2D eigenvalue weighted by molar-refractivity contribution is 0.0503. The molecule has 0 bridgehead atoms. The highest BCUT2D eigenvalue weighted by molar-refractivity contribution is 7.99. The van der Waals surface area contributed by atoms with Gasteiger partial charge in [-0.15, -0.1) is 0 Å². The molecule has 23 heavy (non-hydrogen) atoms. The maximum absolute atomic E-state index is 10.8. The Hall–Kier alpha value is 0.140. The third kappa shape index (κ3) is 11.3. The van der Waals surface area contributed by atoms with E-state index in [1.807, 2.05) is 11.9 Å². The van der Waals surface area contributed by atoms with Crippen LogP contribution in [-0.2, 0) is 14.6 Å². The van der Waals surface area contributed by atoms with Gasteiger partial charge in [-0.1, -0.05) is 0 Å². The van der Waals surface area contributed by atoms with E-state index in [9.17, 15) is 8.42 Å². The summed E-state index contributed by atoms with van der Waals surface area (Å²) in [5.41, 5.74) is 0. The van der Waals surface area contributed by atoms with Gasteiger partial charge in [0, 0.05) is 50.8 Å². The Kier molecular flexibility index (Phi) is 10.7. The van der Waals surface area contributed by atoms with E-state index in [-0.39, 0.29) is 0 Å². The van der Waals surface area contributed by atoms with Crippen molar-refractivity contribution >= 4 is 21.6 Å². The van der Waals surface area contributed by atoms with Gasteiger partial charge < -0.3 is 19.4 Å². The lowest BCUT2D eigenvalue weighted by Gasteiger charge is -2.21. The quantitative estimate of drug-likeness (QED) is 0.595. The van der Waals surface area contributed by atoms with Crippen LogP contribution in [0.5, 0.6) is 0 Å². The number of thioether (sulfide) groups is 1. The first kappa shape index (κ1) is 21.2. The molecule has 0 N–H and O–H groups in total. The number of hydrogen-bond acceptors (Lipinski definition) is 7. The first-order valence-corrected chi connectivity index (χ1v) is 11.3. The molecule has 0 aromatic carbocycles. The average molecular weight is 368 g/mol. The summed E-state index contributed by atoms with van der Waals surface area (Å²) in [6, 6.07) is 0. The average Bonchev–Trinajstić information content (AvgIpc) is 2.53. The lowest BCUT2D eigenvalue weighted by atomic mass is 10.5. The summed E-state index contributed by atoms with van der Waals surface area (Å²) in [7, 11) is 3.58. The summed E-state index contributed by atoms with van der Waals surface area (Å²) in [6.45, 7) is 7.98. The van der Waals surface area contributed by atoms with E-state index in [4.69, 9.17) is 4.74 Å². The van der Waals surface area contributed by atoms with Crippen molar-refractivity contribution in [1.82, 2.24) is 14.7 Å². The molecule has 0 aliphatic carbocycles. The minimum atomic E-state index is -2.66. The van der Waals surface area contributed by atoms with Gasteiger partial charge in [0.2, 0.25) is 0 Å². The van der Waals surface area contributed by atoms with Crippen LogP contribution in [-0.4, -0.2) is 120 Å². The summed E-state index contributed by atoms with van der Waals surface area (Å²) < 4.78 is 26.6. The number of ether oxygens (including phenoxy) is 1. The fourth-order valence-electron chi connectivity index (χ4n) is 2.11. The standard InChI is InChI=1S/C5H11NO2S.C5H11NO.C5H11NS/c1-6-2-4-9(7,8)5-3-6;2*1-6-2-4-7-5-3-6/h2-5H2,1H3;2*2-5H2,1H3. The molecule has 8 heteroatoms. The SMILES string of the molecule is CN1CCOCC1.CN1CCS(=O)(=O)CC1.CN1CCSCC1. The number of rotatable bonds is 0. The number of morpholine rings is 1. The summed E-state index contributed by atoms with van der Waals surface area (Å²) in [6.07, 6.45) is 0. The van der Waals surface area contributed by atoms with Gasteiger partial charge in [0.15, 0.2) is 9.84 Å². The molecule has 3 saturated heterocycles.